The van der Waals surface area contributed by atoms with E-state index in [4.69, 9.17) is 5.84 Å². The third kappa shape index (κ3) is 3.43. The zero-order chi connectivity index (χ0) is 13.8. The molecule has 0 aliphatic heterocycles. The zero-order valence-corrected chi connectivity index (χ0v) is 13.4. The predicted molar refractivity (Wildman–Crippen MR) is 83.7 cm³/mol. The number of benzene rings is 1. The topological polar surface area (TPSA) is 75.9 Å². The summed E-state index contributed by atoms with van der Waals surface area (Å²) in [7, 11) is 0. The van der Waals surface area contributed by atoms with Gasteiger partial charge in [-0.05, 0) is 40.5 Å². The Morgan fingerprint density at radius 1 is 1.11 bits per heavy atom. The van der Waals surface area contributed by atoms with Gasteiger partial charge in [-0.1, -0.05) is 28.1 Å². The van der Waals surface area contributed by atoms with E-state index in [1.54, 1.807) is 0 Å². The summed E-state index contributed by atoms with van der Waals surface area (Å²) in [6, 6.07) is 8.24. The Morgan fingerprint density at radius 2 is 1.74 bits per heavy atom. The van der Waals surface area contributed by atoms with Gasteiger partial charge in [-0.25, -0.2) is 15.8 Å². The number of nitrogens with zero attached hydrogens (tertiary/aromatic N) is 2. The van der Waals surface area contributed by atoms with Gasteiger partial charge in [0.15, 0.2) is 5.82 Å². The fourth-order valence-corrected chi connectivity index (χ4v) is 2.31. The van der Waals surface area contributed by atoms with Crippen molar-refractivity contribution in [1.29, 1.82) is 0 Å². The molecule has 2 rings (SSSR count). The normalized spacial score (nSPS) is 12.0. The van der Waals surface area contributed by atoms with Crippen molar-refractivity contribution in [3.63, 3.8) is 0 Å². The first-order valence-electron chi connectivity index (χ1n) is 5.61. The highest BCUT2D eigenvalue weighted by Crippen LogP contribution is 2.29. The maximum Gasteiger partial charge on any atom is 0.159 e. The first-order valence-corrected chi connectivity index (χ1v) is 7.19. The number of hydrogen-bond acceptors (Lipinski definition) is 5. The van der Waals surface area contributed by atoms with Crippen molar-refractivity contribution in [2.75, 3.05) is 10.7 Å². The Balaban J connectivity index is 2.19. The Hall–Kier alpha value is -1.18. The molecule has 1 atom stereocenters. The lowest BCUT2D eigenvalue weighted by atomic mass is 10.1. The van der Waals surface area contributed by atoms with Crippen LogP contribution in [0.1, 0.15) is 18.5 Å². The third-order valence-corrected chi connectivity index (χ3v) is 3.93. The van der Waals surface area contributed by atoms with Gasteiger partial charge in [0.2, 0.25) is 0 Å². The maximum absolute atomic E-state index is 5.37. The molecule has 7 heteroatoms. The fourth-order valence-electron chi connectivity index (χ4n) is 1.61. The quantitative estimate of drug-likeness (QED) is 0.554. The van der Waals surface area contributed by atoms with Gasteiger partial charge in [-0.3, -0.25) is 0 Å². The van der Waals surface area contributed by atoms with Crippen LogP contribution >= 0.6 is 31.9 Å². The molecule has 1 aromatic carbocycles. The van der Waals surface area contributed by atoms with Gasteiger partial charge >= 0.3 is 0 Å². The van der Waals surface area contributed by atoms with Crippen molar-refractivity contribution in [2.45, 2.75) is 13.0 Å². The van der Waals surface area contributed by atoms with Crippen LogP contribution in [-0.2, 0) is 0 Å². The maximum atomic E-state index is 5.37. The first-order chi connectivity index (χ1) is 9.11. The van der Waals surface area contributed by atoms with Crippen LogP contribution in [-0.4, -0.2) is 9.97 Å². The van der Waals surface area contributed by atoms with Crippen LogP contribution < -0.4 is 16.6 Å². The second kappa shape index (κ2) is 6.31. The second-order valence-electron chi connectivity index (χ2n) is 3.95. The summed E-state index contributed by atoms with van der Waals surface area (Å²) in [4.78, 5) is 8.20. The van der Waals surface area contributed by atoms with Crippen LogP contribution in [0.2, 0.25) is 0 Å². The molecule has 0 radical (unpaired) electrons. The Kier molecular flexibility index (Phi) is 4.73. The molecule has 0 spiro atoms. The summed E-state index contributed by atoms with van der Waals surface area (Å²) < 4.78 is 1.77. The van der Waals surface area contributed by atoms with Gasteiger partial charge in [-0.2, -0.15) is 0 Å². The molecule has 0 saturated heterocycles. The summed E-state index contributed by atoms with van der Waals surface area (Å²) in [5.74, 6) is 6.61. The van der Waals surface area contributed by atoms with Crippen molar-refractivity contribution >= 4 is 43.5 Å². The smallest absolute Gasteiger partial charge is 0.159 e. The Labute approximate surface area is 128 Å². The van der Waals surface area contributed by atoms with Gasteiger partial charge in [0.1, 0.15) is 16.6 Å². The van der Waals surface area contributed by atoms with E-state index < -0.39 is 0 Å². The van der Waals surface area contributed by atoms with Gasteiger partial charge < -0.3 is 10.7 Å². The van der Waals surface area contributed by atoms with Crippen molar-refractivity contribution in [3.8, 4) is 0 Å². The molecule has 1 aromatic heterocycles. The number of nitrogen functional groups attached to an aromatic ring is 1. The molecule has 4 N–H and O–H groups in total. The number of hydrogen-bond donors (Lipinski definition) is 3. The average molecular weight is 387 g/mol. The standard InChI is InChI=1S/C12H13Br2N5/c1-7(8-2-4-9(13)5-3-8)18-11-10(14)12(19-15)17-6-16-11/h2-7H,15H2,1H3,(H2,16,17,18,19). The van der Waals surface area contributed by atoms with Gasteiger partial charge in [0.25, 0.3) is 0 Å². The average Bonchev–Trinajstić information content (AvgIpc) is 2.42. The van der Waals surface area contributed by atoms with E-state index in [2.05, 4.69) is 71.6 Å². The van der Waals surface area contributed by atoms with Crippen LogP contribution in [0.5, 0.6) is 0 Å². The number of nitrogens with one attached hydrogen (secondary N) is 2. The first kappa shape index (κ1) is 14.2. The van der Waals surface area contributed by atoms with E-state index >= 15 is 0 Å². The van der Waals surface area contributed by atoms with Crippen molar-refractivity contribution < 1.29 is 0 Å². The molecular weight excluding hydrogens is 374 g/mol. The molecule has 0 fully saturated rings. The minimum absolute atomic E-state index is 0.116. The Bertz CT molecular complexity index is 559. The molecule has 0 aliphatic rings. The molecule has 0 bridgehead atoms. The summed E-state index contributed by atoms with van der Waals surface area (Å²) in [6.45, 7) is 2.06. The van der Waals surface area contributed by atoms with Crippen molar-refractivity contribution in [2.24, 2.45) is 5.84 Å². The number of rotatable bonds is 4. The number of anilines is 2. The monoisotopic (exact) mass is 385 g/mol. The predicted octanol–water partition coefficient (Wildman–Crippen LogP) is 3.46. The number of hydrazine groups is 1. The summed E-state index contributed by atoms with van der Waals surface area (Å²) in [6.07, 6.45) is 1.45. The van der Waals surface area contributed by atoms with E-state index in [-0.39, 0.29) is 6.04 Å². The molecule has 5 nitrogen and oxygen atoms in total. The summed E-state index contributed by atoms with van der Waals surface area (Å²) in [5, 5.41) is 3.31. The molecule has 1 unspecified atom stereocenters. The number of nitrogens with two attached hydrogens (primary N) is 1. The fraction of sp³-hybridized carbons (Fsp3) is 0.167. The van der Waals surface area contributed by atoms with Crippen molar-refractivity contribution in [3.05, 3.63) is 45.1 Å². The third-order valence-electron chi connectivity index (χ3n) is 2.65. The van der Waals surface area contributed by atoms with E-state index in [1.807, 2.05) is 12.1 Å². The van der Waals surface area contributed by atoms with Crippen LogP contribution in [0.4, 0.5) is 11.6 Å². The summed E-state index contributed by atoms with van der Waals surface area (Å²) >= 11 is 6.84. The molecular formula is C12H13Br2N5. The number of aromatic nitrogens is 2. The molecule has 0 amide bonds. The van der Waals surface area contributed by atoms with E-state index in [0.717, 1.165) is 10.0 Å². The van der Waals surface area contributed by atoms with Crippen LogP contribution in [0.15, 0.2) is 39.5 Å². The summed E-state index contributed by atoms with van der Waals surface area (Å²) in [5.41, 5.74) is 3.67. The van der Waals surface area contributed by atoms with Gasteiger partial charge in [0, 0.05) is 10.5 Å². The highest BCUT2D eigenvalue weighted by Gasteiger charge is 2.11. The molecule has 0 saturated carbocycles. The zero-order valence-electron chi connectivity index (χ0n) is 10.2. The molecule has 0 aliphatic carbocycles. The number of halogens is 2. The molecule has 2 aromatic rings. The van der Waals surface area contributed by atoms with Gasteiger partial charge in [-0.15, -0.1) is 0 Å². The van der Waals surface area contributed by atoms with Crippen LogP contribution in [0.3, 0.4) is 0 Å². The molecule has 1 heterocycles. The Morgan fingerprint density at radius 3 is 2.37 bits per heavy atom. The van der Waals surface area contributed by atoms with Crippen LogP contribution in [0.25, 0.3) is 0 Å². The van der Waals surface area contributed by atoms with E-state index in [1.165, 1.54) is 6.33 Å². The van der Waals surface area contributed by atoms with E-state index in [0.29, 0.717) is 16.1 Å². The highest BCUT2D eigenvalue weighted by atomic mass is 79.9. The minimum Gasteiger partial charge on any atom is -0.362 e. The SMILES string of the molecule is CC(Nc1ncnc(NN)c1Br)c1ccc(Br)cc1. The highest BCUT2D eigenvalue weighted by molar-refractivity contribution is 9.11. The lowest BCUT2D eigenvalue weighted by molar-refractivity contribution is 0.869. The van der Waals surface area contributed by atoms with Crippen molar-refractivity contribution in [1.82, 2.24) is 9.97 Å². The van der Waals surface area contributed by atoms with Crippen LogP contribution in [0, 0.1) is 0 Å². The van der Waals surface area contributed by atoms with E-state index in [9.17, 15) is 0 Å². The largest absolute Gasteiger partial charge is 0.362 e. The molecule has 100 valence electrons. The lowest BCUT2D eigenvalue weighted by Gasteiger charge is -2.16. The minimum atomic E-state index is 0.116. The van der Waals surface area contributed by atoms with Gasteiger partial charge in [0.05, 0.1) is 0 Å². The molecule has 19 heavy (non-hydrogen) atoms. The lowest BCUT2D eigenvalue weighted by Crippen LogP contribution is -2.13. The second-order valence-corrected chi connectivity index (χ2v) is 5.66.